The maximum atomic E-state index is 11.8. The molecule has 0 heterocycles. The first-order valence-corrected chi connectivity index (χ1v) is 8.80. The second-order valence-corrected chi connectivity index (χ2v) is 7.23. The summed E-state index contributed by atoms with van der Waals surface area (Å²) in [5.41, 5.74) is 3.03. The van der Waals surface area contributed by atoms with Gasteiger partial charge in [0, 0.05) is 6.04 Å². The number of anilines is 1. The molecule has 2 aromatic carbocycles. The van der Waals surface area contributed by atoms with Gasteiger partial charge in [0.2, 0.25) is 10.0 Å². The third-order valence-electron chi connectivity index (χ3n) is 3.69. The zero-order valence-electron chi connectivity index (χ0n) is 13.8. The van der Waals surface area contributed by atoms with Crippen LogP contribution in [0, 0.1) is 6.92 Å². The highest BCUT2D eigenvalue weighted by Crippen LogP contribution is 2.29. The molecule has 23 heavy (non-hydrogen) atoms. The molecule has 0 aliphatic heterocycles. The Morgan fingerprint density at radius 1 is 1.09 bits per heavy atom. The summed E-state index contributed by atoms with van der Waals surface area (Å²) in [6, 6.07) is 12.8. The van der Waals surface area contributed by atoms with Crippen LogP contribution in [0.25, 0.3) is 0 Å². The monoisotopic (exact) mass is 334 g/mol. The second-order valence-electron chi connectivity index (χ2n) is 5.35. The molecule has 0 radical (unpaired) electrons. The number of rotatable bonds is 6. The van der Waals surface area contributed by atoms with Crippen LogP contribution in [0.15, 0.2) is 47.4 Å². The summed E-state index contributed by atoms with van der Waals surface area (Å²) in [6.07, 6.45) is 0. The summed E-state index contributed by atoms with van der Waals surface area (Å²) < 4.78 is 31.2. The van der Waals surface area contributed by atoms with E-state index in [0.717, 1.165) is 22.6 Å². The summed E-state index contributed by atoms with van der Waals surface area (Å²) in [5.74, 6) is 0.775. The van der Waals surface area contributed by atoms with Gasteiger partial charge in [-0.3, -0.25) is 0 Å². The second kappa shape index (κ2) is 7.02. The molecule has 124 valence electrons. The molecule has 0 aromatic heterocycles. The third kappa shape index (κ3) is 4.03. The number of hydrogen-bond acceptors (Lipinski definition) is 4. The third-order valence-corrected chi connectivity index (χ3v) is 5.12. The van der Waals surface area contributed by atoms with Gasteiger partial charge in [0.05, 0.1) is 17.7 Å². The first-order chi connectivity index (χ1) is 10.9. The van der Waals surface area contributed by atoms with Crippen molar-refractivity contribution in [3.05, 3.63) is 53.6 Å². The highest BCUT2D eigenvalue weighted by Gasteiger charge is 2.13. The van der Waals surface area contributed by atoms with Crippen molar-refractivity contribution in [3.8, 4) is 5.75 Å². The molecule has 0 fully saturated rings. The number of ether oxygens (including phenoxy) is 1. The Morgan fingerprint density at radius 3 is 2.30 bits per heavy atom. The minimum Gasteiger partial charge on any atom is -0.495 e. The van der Waals surface area contributed by atoms with E-state index in [4.69, 9.17) is 4.74 Å². The predicted octanol–water partition coefficient (Wildman–Crippen LogP) is 3.08. The molecule has 0 spiro atoms. The molecule has 0 bridgehead atoms. The average molecular weight is 334 g/mol. The molecule has 1 unspecified atom stereocenters. The predicted molar refractivity (Wildman–Crippen MR) is 92.5 cm³/mol. The fourth-order valence-electron chi connectivity index (χ4n) is 2.30. The Bertz CT molecular complexity index is 771. The van der Waals surface area contributed by atoms with Crippen molar-refractivity contribution in [3.63, 3.8) is 0 Å². The van der Waals surface area contributed by atoms with Gasteiger partial charge in [-0.2, -0.15) is 0 Å². The van der Waals surface area contributed by atoms with E-state index < -0.39 is 10.0 Å². The molecule has 0 saturated heterocycles. The zero-order valence-corrected chi connectivity index (χ0v) is 14.6. The minimum absolute atomic E-state index is 0.0111. The van der Waals surface area contributed by atoms with Crippen molar-refractivity contribution in [2.75, 3.05) is 19.5 Å². The lowest BCUT2D eigenvalue weighted by molar-refractivity contribution is 0.416. The molecule has 2 aromatic rings. The van der Waals surface area contributed by atoms with E-state index in [1.165, 1.54) is 7.05 Å². The van der Waals surface area contributed by atoms with Crippen molar-refractivity contribution in [1.82, 2.24) is 4.72 Å². The fourth-order valence-corrected chi connectivity index (χ4v) is 3.03. The fraction of sp³-hybridized carbons (Fsp3) is 0.294. The minimum atomic E-state index is -3.41. The standard InChI is InChI=1S/C17H22N2O3S/c1-12-5-10-17(22-4)16(11-12)19-13(2)14-6-8-15(9-7-14)23(20,21)18-3/h5-11,13,18-19H,1-4H3. The highest BCUT2D eigenvalue weighted by atomic mass is 32.2. The van der Waals surface area contributed by atoms with Gasteiger partial charge in [-0.05, 0) is 56.3 Å². The average Bonchev–Trinajstić information content (AvgIpc) is 2.55. The van der Waals surface area contributed by atoms with E-state index in [2.05, 4.69) is 10.0 Å². The van der Waals surface area contributed by atoms with Gasteiger partial charge in [-0.1, -0.05) is 18.2 Å². The van der Waals surface area contributed by atoms with E-state index in [1.807, 2.05) is 44.2 Å². The Labute approximate surface area is 137 Å². The lowest BCUT2D eigenvalue weighted by atomic mass is 10.1. The number of aryl methyl sites for hydroxylation is 1. The van der Waals surface area contributed by atoms with Gasteiger partial charge in [0.15, 0.2) is 0 Å². The van der Waals surface area contributed by atoms with Gasteiger partial charge in [-0.15, -0.1) is 0 Å². The van der Waals surface area contributed by atoms with Gasteiger partial charge in [0.25, 0.3) is 0 Å². The Morgan fingerprint density at radius 2 is 1.74 bits per heavy atom. The largest absolute Gasteiger partial charge is 0.495 e. The number of hydrogen-bond donors (Lipinski definition) is 2. The summed E-state index contributed by atoms with van der Waals surface area (Å²) in [5, 5.41) is 3.40. The number of methoxy groups -OCH3 is 1. The van der Waals surface area contributed by atoms with E-state index in [-0.39, 0.29) is 10.9 Å². The molecule has 0 aliphatic rings. The first kappa shape index (κ1) is 17.3. The molecule has 1 atom stereocenters. The maximum Gasteiger partial charge on any atom is 0.240 e. The van der Waals surface area contributed by atoms with Crippen LogP contribution in [0.5, 0.6) is 5.75 Å². The van der Waals surface area contributed by atoms with E-state index in [0.29, 0.717) is 0 Å². The molecule has 2 rings (SSSR count). The Hall–Kier alpha value is -2.05. The normalized spacial score (nSPS) is 12.7. The maximum absolute atomic E-state index is 11.8. The lowest BCUT2D eigenvalue weighted by Gasteiger charge is -2.18. The summed E-state index contributed by atoms with van der Waals surface area (Å²) in [7, 11) is -0.369. The number of nitrogens with one attached hydrogen (secondary N) is 2. The van der Waals surface area contributed by atoms with Gasteiger partial charge in [-0.25, -0.2) is 13.1 Å². The van der Waals surface area contributed by atoms with Crippen LogP contribution in [0.3, 0.4) is 0 Å². The molecule has 0 saturated carbocycles. The van der Waals surface area contributed by atoms with Crippen LogP contribution in [-0.4, -0.2) is 22.6 Å². The van der Waals surface area contributed by atoms with E-state index in [1.54, 1.807) is 19.2 Å². The summed E-state index contributed by atoms with van der Waals surface area (Å²) >= 11 is 0. The van der Waals surface area contributed by atoms with Gasteiger partial charge in [0.1, 0.15) is 5.75 Å². The Kier molecular flexibility index (Phi) is 5.28. The molecular formula is C17H22N2O3S. The van der Waals surface area contributed by atoms with Crippen LogP contribution in [0.2, 0.25) is 0 Å². The van der Waals surface area contributed by atoms with Crippen molar-refractivity contribution < 1.29 is 13.2 Å². The number of sulfonamides is 1. The molecule has 6 heteroatoms. The van der Waals surface area contributed by atoms with E-state index >= 15 is 0 Å². The molecule has 0 aliphatic carbocycles. The van der Waals surface area contributed by atoms with Crippen molar-refractivity contribution in [1.29, 1.82) is 0 Å². The zero-order chi connectivity index (χ0) is 17.0. The first-order valence-electron chi connectivity index (χ1n) is 7.32. The molecule has 0 amide bonds. The summed E-state index contributed by atoms with van der Waals surface area (Å²) in [6.45, 7) is 4.04. The van der Waals surface area contributed by atoms with Crippen LogP contribution >= 0.6 is 0 Å². The van der Waals surface area contributed by atoms with Gasteiger partial charge >= 0.3 is 0 Å². The smallest absolute Gasteiger partial charge is 0.240 e. The highest BCUT2D eigenvalue weighted by molar-refractivity contribution is 7.89. The topological polar surface area (TPSA) is 67.4 Å². The molecule has 5 nitrogen and oxygen atoms in total. The van der Waals surface area contributed by atoms with Crippen LogP contribution in [0.4, 0.5) is 5.69 Å². The van der Waals surface area contributed by atoms with Gasteiger partial charge < -0.3 is 10.1 Å². The number of benzene rings is 2. The van der Waals surface area contributed by atoms with Crippen molar-refractivity contribution >= 4 is 15.7 Å². The SMILES string of the molecule is CNS(=O)(=O)c1ccc(C(C)Nc2cc(C)ccc2OC)cc1. The van der Waals surface area contributed by atoms with Crippen molar-refractivity contribution in [2.45, 2.75) is 24.8 Å². The quantitative estimate of drug-likeness (QED) is 0.852. The molecular weight excluding hydrogens is 312 g/mol. The van der Waals surface area contributed by atoms with Crippen LogP contribution in [0.1, 0.15) is 24.1 Å². The molecule has 2 N–H and O–H groups in total. The van der Waals surface area contributed by atoms with Crippen LogP contribution < -0.4 is 14.8 Å². The van der Waals surface area contributed by atoms with Crippen LogP contribution in [-0.2, 0) is 10.0 Å². The van der Waals surface area contributed by atoms with Crippen molar-refractivity contribution in [2.24, 2.45) is 0 Å². The van der Waals surface area contributed by atoms with E-state index in [9.17, 15) is 8.42 Å². The Balaban J connectivity index is 2.21. The lowest BCUT2D eigenvalue weighted by Crippen LogP contribution is -2.18. The summed E-state index contributed by atoms with van der Waals surface area (Å²) in [4.78, 5) is 0.254.